The van der Waals surface area contributed by atoms with E-state index in [1.165, 1.54) is 0 Å². The number of nitrogens with one attached hydrogen (secondary N) is 3. The summed E-state index contributed by atoms with van der Waals surface area (Å²) in [6.07, 6.45) is 2.43. The Labute approximate surface area is 193 Å². The van der Waals surface area contributed by atoms with Gasteiger partial charge in [-0.05, 0) is 35.2 Å². The number of aromatic nitrogens is 2. The molecule has 3 aromatic carbocycles. The van der Waals surface area contributed by atoms with Crippen LogP contribution >= 0.6 is 0 Å². The molecule has 0 spiro atoms. The van der Waals surface area contributed by atoms with Gasteiger partial charge in [-0.1, -0.05) is 79.7 Å². The molecular formula is C27H26N4O2. The van der Waals surface area contributed by atoms with Crippen molar-refractivity contribution in [2.24, 2.45) is 0 Å². The molecule has 0 aliphatic rings. The highest BCUT2D eigenvalue weighted by atomic mass is 16.2. The maximum atomic E-state index is 12.5. The molecule has 0 fully saturated rings. The lowest BCUT2D eigenvalue weighted by Gasteiger charge is -2.15. The Hall–Kier alpha value is -4.19. The number of carbonyl (C=O) groups excluding carboxylic acids is 2. The molecule has 0 radical (unpaired) electrons. The maximum Gasteiger partial charge on any atom is 0.251 e. The summed E-state index contributed by atoms with van der Waals surface area (Å²) in [5.74, 6) is 0.128. The number of nitrogens with zero attached hydrogens (tertiary/aromatic N) is 1. The van der Waals surface area contributed by atoms with E-state index in [2.05, 4.69) is 20.6 Å². The van der Waals surface area contributed by atoms with Gasteiger partial charge in [0.25, 0.3) is 5.91 Å². The van der Waals surface area contributed by atoms with E-state index in [4.69, 9.17) is 0 Å². The number of amides is 2. The average molecular weight is 439 g/mol. The molecule has 0 saturated heterocycles. The van der Waals surface area contributed by atoms with Crippen molar-refractivity contribution >= 4 is 11.8 Å². The Morgan fingerprint density at radius 1 is 0.848 bits per heavy atom. The molecule has 1 aromatic heterocycles. The van der Waals surface area contributed by atoms with Crippen LogP contribution in [0.2, 0.25) is 0 Å². The van der Waals surface area contributed by atoms with Crippen LogP contribution in [0, 0.1) is 0 Å². The molecule has 1 heterocycles. The second-order valence-corrected chi connectivity index (χ2v) is 7.70. The summed E-state index contributed by atoms with van der Waals surface area (Å²) in [5, 5.41) is 5.63. The first-order chi connectivity index (χ1) is 16.1. The fourth-order valence-electron chi connectivity index (χ4n) is 3.59. The number of aromatic amines is 1. The van der Waals surface area contributed by atoms with E-state index in [1.807, 2.05) is 79.7 Å². The number of imidazole rings is 1. The van der Waals surface area contributed by atoms with Gasteiger partial charge < -0.3 is 15.6 Å². The first-order valence-corrected chi connectivity index (χ1v) is 11.0. The van der Waals surface area contributed by atoms with Gasteiger partial charge in [0.1, 0.15) is 5.82 Å². The van der Waals surface area contributed by atoms with Crippen LogP contribution < -0.4 is 10.6 Å². The summed E-state index contributed by atoms with van der Waals surface area (Å²) in [6, 6.07) is 26.9. The first-order valence-electron chi connectivity index (χ1n) is 11.0. The number of H-pyrrole nitrogens is 1. The predicted octanol–water partition coefficient (Wildman–Crippen LogP) is 4.74. The molecule has 4 rings (SSSR count). The topological polar surface area (TPSA) is 86.9 Å². The monoisotopic (exact) mass is 438 g/mol. The zero-order valence-electron chi connectivity index (χ0n) is 18.4. The van der Waals surface area contributed by atoms with Crippen LogP contribution in [-0.4, -0.2) is 28.3 Å². The largest absolute Gasteiger partial charge is 0.345 e. The highest BCUT2D eigenvalue weighted by molar-refractivity contribution is 5.96. The number of rotatable bonds is 8. The van der Waals surface area contributed by atoms with Crippen LogP contribution in [0.1, 0.15) is 35.6 Å². The summed E-state index contributed by atoms with van der Waals surface area (Å²) >= 11 is 0. The molecule has 0 saturated carbocycles. The van der Waals surface area contributed by atoms with Gasteiger partial charge in [-0.2, -0.15) is 0 Å². The van der Waals surface area contributed by atoms with Crippen molar-refractivity contribution in [1.29, 1.82) is 0 Å². The minimum Gasteiger partial charge on any atom is -0.345 e. The number of carbonyl (C=O) groups is 2. The third-order valence-electron chi connectivity index (χ3n) is 5.42. The van der Waals surface area contributed by atoms with Crippen LogP contribution in [0.25, 0.3) is 22.4 Å². The molecule has 166 valence electrons. The Bertz CT molecular complexity index is 1200. The maximum absolute atomic E-state index is 12.5. The van der Waals surface area contributed by atoms with E-state index >= 15 is 0 Å². The van der Waals surface area contributed by atoms with Crippen LogP contribution in [0.5, 0.6) is 0 Å². The van der Waals surface area contributed by atoms with Gasteiger partial charge in [0, 0.05) is 5.56 Å². The lowest BCUT2D eigenvalue weighted by Crippen LogP contribution is -2.38. The predicted molar refractivity (Wildman–Crippen MR) is 129 cm³/mol. The van der Waals surface area contributed by atoms with Gasteiger partial charge in [0.05, 0.1) is 24.5 Å². The second-order valence-electron chi connectivity index (χ2n) is 7.70. The van der Waals surface area contributed by atoms with E-state index in [1.54, 1.807) is 18.3 Å². The normalized spacial score (nSPS) is 11.5. The quantitative estimate of drug-likeness (QED) is 0.371. The van der Waals surface area contributed by atoms with E-state index < -0.39 is 0 Å². The Morgan fingerprint density at radius 3 is 2.09 bits per heavy atom. The van der Waals surface area contributed by atoms with Crippen LogP contribution in [0.3, 0.4) is 0 Å². The average Bonchev–Trinajstić information content (AvgIpc) is 3.37. The fraction of sp³-hybridized carbons (Fsp3) is 0.148. The highest BCUT2D eigenvalue weighted by Gasteiger charge is 2.17. The Balaban J connectivity index is 1.32. The lowest BCUT2D eigenvalue weighted by molar-refractivity contribution is -0.121. The van der Waals surface area contributed by atoms with Gasteiger partial charge in [0.15, 0.2) is 0 Å². The summed E-state index contributed by atoms with van der Waals surface area (Å²) in [5.41, 5.74) is 4.55. The van der Waals surface area contributed by atoms with E-state index in [0.717, 1.165) is 22.4 Å². The van der Waals surface area contributed by atoms with Crippen molar-refractivity contribution in [3.8, 4) is 22.4 Å². The zero-order chi connectivity index (χ0) is 23.0. The molecule has 2 amide bonds. The zero-order valence-corrected chi connectivity index (χ0v) is 18.4. The van der Waals surface area contributed by atoms with Crippen molar-refractivity contribution < 1.29 is 9.59 Å². The first kappa shape index (κ1) is 22.0. The summed E-state index contributed by atoms with van der Waals surface area (Å²) in [6.45, 7) is 1.87. The van der Waals surface area contributed by atoms with Gasteiger partial charge in [0.2, 0.25) is 5.91 Å². The third-order valence-corrected chi connectivity index (χ3v) is 5.42. The highest BCUT2D eigenvalue weighted by Crippen LogP contribution is 2.21. The van der Waals surface area contributed by atoms with Crippen molar-refractivity contribution in [3.63, 3.8) is 0 Å². The Morgan fingerprint density at radius 2 is 1.45 bits per heavy atom. The summed E-state index contributed by atoms with van der Waals surface area (Å²) in [7, 11) is 0. The van der Waals surface area contributed by atoms with Crippen LogP contribution in [0.15, 0.2) is 91.1 Å². The third kappa shape index (κ3) is 5.54. The molecule has 33 heavy (non-hydrogen) atoms. The second kappa shape index (κ2) is 10.4. The van der Waals surface area contributed by atoms with Crippen LogP contribution in [-0.2, 0) is 4.79 Å². The van der Waals surface area contributed by atoms with Crippen molar-refractivity contribution in [1.82, 2.24) is 20.6 Å². The van der Waals surface area contributed by atoms with E-state index in [9.17, 15) is 9.59 Å². The van der Waals surface area contributed by atoms with Crippen molar-refractivity contribution in [3.05, 3.63) is 103 Å². The number of hydrogen-bond donors (Lipinski definition) is 3. The smallest absolute Gasteiger partial charge is 0.251 e. The lowest BCUT2D eigenvalue weighted by atomic mass is 10.0. The van der Waals surface area contributed by atoms with Crippen molar-refractivity contribution in [2.75, 3.05) is 6.54 Å². The van der Waals surface area contributed by atoms with E-state index in [0.29, 0.717) is 17.8 Å². The molecule has 4 aromatic rings. The molecule has 0 bridgehead atoms. The molecular weight excluding hydrogens is 412 g/mol. The molecule has 1 atom stereocenters. The minimum absolute atomic E-state index is 0.109. The van der Waals surface area contributed by atoms with Gasteiger partial charge in [-0.15, -0.1) is 0 Å². The van der Waals surface area contributed by atoms with Gasteiger partial charge >= 0.3 is 0 Å². The number of benzene rings is 3. The Kier molecular flexibility index (Phi) is 6.95. The van der Waals surface area contributed by atoms with Crippen LogP contribution in [0.4, 0.5) is 0 Å². The summed E-state index contributed by atoms with van der Waals surface area (Å²) < 4.78 is 0. The molecule has 1 unspecified atom stereocenters. The molecule has 0 aliphatic carbocycles. The standard InChI is InChI=1S/C27H26N4O2/c1-2-23(26-28-17-24(31-26)21-11-7-4-8-12-21)30-25(32)18-29-27(33)22-15-13-20(14-16-22)19-9-5-3-6-10-19/h3-17,23H,2,18H2,1H3,(H,28,31)(H,29,33)(H,30,32). The van der Waals surface area contributed by atoms with Gasteiger partial charge in [-0.25, -0.2) is 4.98 Å². The molecule has 6 nitrogen and oxygen atoms in total. The SMILES string of the molecule is CCC(NC(=O)CNC(=O)c1ccc(-c2ccccc2)cc1)c1ncc(-c2ccccc2)[nH]1. The molecule has 3 N–H and O–H groups in total. The molecule has 6 heteroatoms. The summed E-state index contributed by atoms with van der Waals surface area (Å²) in [4.78, 5) is 32.7. The van der Waals surface area contributed by atoms with E-state index in [-0.39, 0.29) is 24.4 Å². The van der Waals surface area contributed by atoms with Gasteiger partial charge in [-0.3, -0.25) is 9.59 Å². The van der Waals surface area contributed by atoms with Crippen molar-refractivity contribution in [2.45, 2.75) is 19.4 Å². The fourth-order valence-corrected chi connectivity index (χ4v) is 3.59. The molecule has 0 aliphatic heterocycles. The number of hydrogen-bond acceptors (Lipinski definition) is 3. The minimum atomic E-state index is -0.290.